The van der Waals surface area contributed by atoms with Crippen molar-refractivity contribution >= 4 is 57.3 Å². The number of likely N-dealkylation sites (N-methyl/N-ethyl adjacent to an activating group) is 1. The Morgan fingerprint density at radius 2 is 1.97 bits per heavy atom. The lowest BCUT2D eigenvalue weighted by Gasteiger charge is -2.26. The van der Waals surface area contributed by atoms with Gasteiger partial charge in [0.25, 0.3) is 0 Å². The number of fused-ring (bicyclic) bond motifs is 2. The Bertz CT molecular complexity index is 1320. The van der Waals surface area contributed by atoms with Crippen molar-refractivity contribution in [1.29, 1.82) is 0 Å². The molecule has 0 saturated heterocycles. The number of rotatable bonds is 3. The molecule has 35 heavy (non-hydrogen) atoms. The van der Waals surface area contributed by atoms with Crippen molar-refractivity contribution in [2.75, 3.05) is 38.3 Å². The summed E-state index contributed by atoms with van der Waals surface area (Å²) in [6.45, 7) is 2.32. The van der Waals surface area contributed by atoms with Crippen LogP contribution in [0.5, 0.6) is 0 Å². The number of hydrogen-bond donors (Lipinski definition) is 1. The van der Waals surface area contributed by atoms with Crippen molar-refractivity contribution in [3.05, 3.63) is 46.1 Å². The van der Waals surface area contributed by atoms with Crippen LogP contribution in [0.15, 0.2) is 33.5 Å². The third-order valence-electron chi connectivity index (χ3n) is 5.84. The summed E-state index contributed by atoms with van der Waals surface area (Å²) in [5.41, 5.74) is 1.61. The van der Waals surface area contributed by atoms with Crippen LogP contribution in [-0.2, 0) is 30.1 Å². The van der Waals surface area contributed by atoms with Crippen molar-refractivity contribution in [2.45, 2.75) is 28.2 Å². The quantitative estimate of drug-likeness (QED) is 0.446. The highest BCUT2D eigenvalue weighted by Crippen LogP contribution is 2.44. The van der Waals surface area contributed by atoms with E-state index in [1.165, 1.54) is 11.8 Å². The summed E-state index contributed by atoms with van der Waals surface area (Å²) in [5, 5.41) is 3.45. The Hall–Kier alpha value is -1.70. The number of benzene rings is 1. The standard InChI is InChI=1S/C22H21ClF3N5OS3/c1-30-4-3-12-8-16(15(23)7-13(12)11-30)28-21-27-10-14(22(24,25)26)19(29-21)17-9-18-20(34-17)35(32)31(2)5-6-33-18/h7-10H,3-6,11H2,1-2H3,(H,27,28,29). The minimum absolute atomic E-state index is 0.0114. The van der Waals surface area contributed by atoms with Crippen LogP contribution >= 0.6 is 34.7 Å². The van der Waals surface area contributed by atoms with Gasteiger partial charge in [0.05, 0.1) is 21.3 Å². The van der Waals surface area contributed by atoms with Gasteiger partial charge in [-0.25, -0.2) is 18.5 Å². The minimum Gasteiger partial charge on any atom is -0.323 e. The molecule has 0 saturated carbocycles. The molecule has 2 aliphatic rings. The lowest BCUT2D eigenvalue weighted by molar-refractivity contribution is -0.137. The van der Waals surface area contributed by atoms with Gasteiger partial charge in [-0.05, 0) is 42.8 Å². The van der Waals surface area contributed by atoms with Crippen LogP contribution in [-0.4, -0.2) is 56.3 Å². The first-order valence-corrected chi connectivity index (χ1v) is 14.0. The van der Waals surface area contributed by atoms with E-state index in [0.29, 0.717) is 32.1 Å². The zero-order valence-corrected chi connectivity index (χ0v) is 22.0. The molecule has 1 unspecified atom stereocenters. The number of anilines is 2. The summed E-state index contributed by atoms with van der Waals surface area (Å²) in [5.74, 6) is 0.707. The predicted molar refractivity (Wildman–Crippen MR) is 135 cm³/mol. The third-order valence-corrected chi connectivity index (χ3v) is 10.3. The summed E-state index contributed by atoms with van der Waals surface area (Å²) >= 11 is 9.03. The number of alkyl halides is 3. The number of thiophene rings is 1. The molecule has 0 spiro atoms. The van der Waals surface area contributed by atoms with E-state index >= 15 is 0 Å². The van der Waals surface area contributed by atoms with Crippen LogP contribution in [0.25, 0.3) is 10.6 Å². The van der Waals surface area contributed by atoms with Crippen molar-refractivity contribution in [3.8, 4) is 10.6 Å². The molecule has 1 N–H and O–H groups in total. The van der Waals surface area contributed by atoms with Crippen molar-refractivity contribution in [3.63, 3.8) is 0 Å². The first-order valence-electron chi connectivity index (χ1n) is 10.7. The Morgan fingerprint density at radius 1 is 1.17 bits per heavy atom. The Balaban J connectivity index is 1.54. The molecule has 1 atom stereocenters. The maximum absolute atomic E-state index is 13.9. The molecule has 3 aromatic rings. The zero-order chi connectivity index (χ0) is 24.9. The third kappa shape index (κ3) is 5.09. The van der Waals surface area contributed by atoms with E-state index in [-0.39, 0.29) is 11.6 Å². The average molecular weight is 560 g/mol. The highest BCUT2D eigenvalue weighted by Gasteiger charge is 2.37. The lowest BCUT2D eigenvalue weighted by Crippen LogP contribution is -2.26. The summed E-state index contributed by atoms with van der Waals surface area (Å²) in [4.78, 5) is 11.4. The van der Waals surface area contributed by atoms with Gasteiger partial charge in [-0.2, -0.15) is 13.2 Å². The normalized spacial score (nSPS) is 19.2. The second kappa shape index (κ2) is 9.64. The van der Waals surface area contributed by atoms with Gasteiger partial charge in [0, 0.05) is 43.5 Å². The van der Waals surface area contributed by atoms with Crippen LogP contribution < -0.4 is 5.32 Å². The minimum atomic E-state index is -4.65. The molecule has 6 nitrogen and oxygen atoms in total. The smallest absolute Gasteiger partial charge is 0.323 e. The van der Waals surface area contributed by atoms with Crippen LogP contribution in [0.2, 0.25) is 5.02 Å². The topological polar surface area (TPSA) is 61.4 Å². The molecular formula is C22H21ClF3N5OS3. The maximum Gasteiger partial charge on any atom is 0.420 e. The first-order chi connectivity index (χ1) is 16.6. The summed E-state index contributed by atoms with van der Waals surface area (Å²) in [6.07, 6.45) is -3.01. The first kappa shape index (κ1) is 25.0. The van der Waals surface area contributed by atoms with Crippen molar-refractivity contribution in [1.82, 2.24) is 19.2 Å². The van der Waals surface area contributed by atoms with Crippen LogP contribution in [0.3, 0.4) is 0 Å². The molecule has 0 amide bonds. The Morgan fingerprint density at radius 3 is 2.74 bits per heavy atom. The highest BCUT2D eigenvalue weighted by atomic mass is 35.5. The molecule has 0 radical (unpaired) electrons. The molecule has 0 bridgehead atoms. The molecule has 0 aliphatic carbocycles. The van der Waals surface area contributed by atoms with E-state index in [0.717, 1.165) is 53.1 Å². The van der Waals surface area contributed by atoms with E-state index in [4.69, 9.17) is 11.6 Å². The van der Waals surface area contributed by atoms with Gasteiger partial charge in [-0.3, -0.25) is 0 Å². The predicted octanol–water partition coefficient (Wildman–Crippen LogP) is 5.67. The van der Waals surface area contributed by atoms with Gasteiger partial charge in [-0.1, -0.05) is 11.6 Å². The number of nitrogens with zero attached hydrogens (tertiary/aromatic N) is 4. The van der Waals surface area contributed by atoms with E-state index in [1.807, 2.05) is 19.2 Å². The number of halogens is 4. The molecular weight excluding hydrogens is 539 g/mol. The summed E-state index contributed by atoms with van der Waals surface area (Å²) in [7, 11) is 2.34. The molecule has 2 aliphatic heterocycles. The van der Waals surface area contributed by atoms with E-state index in [1.54, 1.807) is 17.4 Å². The van der Waals surface area contributed by atoms with Gasteiger partial charge in [0.15, 0.2) is 0 Å². The lowest BCUT2D eigenvalue weighted by atomic mass is 9.99. The molecule has 1 aromatic carbocycles. The number of thioether (sulfide) groups is 1. The van der Waals surface area contributed by atoms with Gasteiger partial charge in [0.1, 0.15) is 20.8 Å². The Labute approximate surface area is 216 Å². The fourth-order valence-corrected chi connectivity index (χ4v) is 8.50. The largest absolute Gasteiger partial charge is 0.420 e. The monoisotopic (exact) mass is 559 g/mol. The number of hydrogen-bond acceptors (Lipinski definition) is 7. The van der Waals surface area contributed by atoms with E-state index in [9.17, 15) is 17.4 Å². The van der Waals surface area contributed by atoms with Gasteiger partial charge >= 0.3 is 6.18 Å². The van der Waals surface area contributed by atoms with Crippen molar-refractivity contribution in [2.24, 2.45) is 0 Å². The average Bonchev–Trinajstić information content (AvgIpc) is 3.17. The number of aromatic nitrogens is 2. The SMILES string of the molecule is CN1CCc2cc(Nc3ncc(C(F)(F)F)c(-c4cc5c(s4)S(=O)N(C)CCS5)n3)c(Cl)cc2C1. The summed E-state index contributed by atoms with van der Waals surface area (Å²) in [6, 6.07) is 5.43. The Kier molecular flexibility index (Phi) is 6.88. The van der Waals surface area contributed by atoms with Crippen LogP contribution in [0.4, 0.5) is 24.8 Å². The van der Waals surface area contributed by atoms with E-state index < -0.39 is 22.7 Å². The fraction of sp³-hybridized carbons (Fsp3) is 0.364. The molecule has 5 rings (SSSR count). The van der Waals surface area contributed by atoms with Crippen molar-refractivity contribution < 1.29 is 17.4 Å². The van der Waals surface area contributed by atoms with Gasteiger partial charge < -0.3 is 10.2 Å². The molecule has 4 heterocycles. The zero-order valence-electron chi connectivity index (χ0n) is 18.8. The fourth-order valence-electron chi connectivity index (χ4n) is 3.98. The van der Waals surface area contributed by atoms with Gasteiger partial charge in [0.2, 0.25) is 5.95 Å². The second-order valence-corrected chi connectivity index (χ2v) is 12.8. The summed E-state index contributed by atoms with van der Waals surface area (Å²) < 4.78 is 56.6. The molecule has 13 heteroatoms. The molecule has 186 valence electrons. The molecule has 2 aromatic heterocycles. The second-order valence-electron chi connectivity index (χ2n) is 8.38. The van der Waals surface area contributed by atoms with Crippen LogP contribution in [0, 0.1) is 0 Å². The van der Waals surface area contributed by atoms with E-state index in [2.05, 4.69) is 20.2 Å². The molecule has 0 fully saturated rings. The van der Waals surface area contributed by atoms with Gasteiger partial charge in [-0.15, -0.1) is 23.1 Å². The maximum atomic E-state index is 13.9. The highest BCUT2D eigenvalue weighted by molar-refractivity contribution is 8.00. The van der Waals surface area contributed by atoms with Crippen LogP contribution in [0.1, 0.15) is 16.7 Å². The number of nitrogens with one attached hydrogen (secondary N) is 1.